The molecule has 1 heterocycles. The van der Waals surface area contributed by atoms with E-state index >= 15 is 0 Å². The van der Waals surface area contributed by atoms with Gasteiger partial charge in [0, 0.05) is 17.6 Å². The number of halogens is 2. The smallest absolute Gasteiger partial charge is 0.258 e. The fourth-order valence-electron chi connectivity index (χ4n) is 2.25. The predicted octanol–water partition coefficient (Wildman–Crippen LogP) is 3.33. The number of fused-ring (bicyclic) bond motifs is 1. The molecule has 0 bridgehead atoms. The Morgan fingerprint density at radius 3 is 2.40 bits per heavy atom. The second-order valence-corrected chi connectivity index (χ2v) is 4.61. The monoisotopic (exact) mass is 271 g/mol. The molecule has 4 heteroatoms. The van der Waals surface area contributed by atoms with E-state index in [2.05, 4.69) is 0 Å². The first-order valence-electron chi connectivity index (χ1n) is 6.17. The van der Waals surface area contributed by atoms with Crippen LogP contribution in [0.2, 0.25) is 0 Å². The van der Waals surface area contributed by atoms with Gasteiger partial charge < -0.3 is 4.57 Å². The van der Waals surface area contributed by atoms with Gasteiger partial charge >= 0.3 is 0 Å². The Bertz CT molecular complexity index is 819. The molecule has 0 saturated heterocycles. The normalized spacial score (nSPS) is 10.9. The van der Waals surface area contributed by atoms with Crippen molar-refractivity contribution in [2.45, 2.75) is 6.54 Å². The lowest BCUT2D eigenvalue weighted by Crippen LogP contribution is -2.20. The summed E-state index contributed by atoms with van der Waals surface area (Å²) >= 11 is 0. The van der Waals surface area contributed by atoms with Gasteiger partial charge in [-0.05, 0) is 35.2 Å². The third kappa shape index (κ3) is 2.32. The molecule has 3 aromatic rings. The molecule has 0 unspecified atom stereocenters. The number of rotatable bonds is 2. The highest BCUT2D eigenvalue weighted by Crippen LogP contribution is 2.11. The summed E-state index contributed by atoms with van der Waals surface area (Å²) in [5.41, 5.74) is 0.243. The predicted molar refractivity (Wildman–Crippen MR) is 73.7 cm³/mol. The third-order valence-corrected chi connectivity index (χ3v) is 3.16. The van der Waals surface area contributed by atoms with Crippen LogP contribution in [0.4, 0.5) is 8.78 Å². The van der Waals surface area contributed by atoms with Gasteiger partial charge in [-0.2, -0.15) is 0 Å². The molecule has 0 aliphatic carbocycles. The number of nitrogens with zero attached hydrogens (tertiary/aromatic N) is 1. The van der Waals surface area contributed by atoms with Crippen molar-refractivity contribution in [1.82, 2.24) is 4.57 Å². The van der Waals surface area contributed by atoms with E-state index in [9.17, 15) is 13.6 Å². The summed E-state index contributed by atoms with van der Waals surface area (Å²) in [6.45, 7) is 0.137. The zero-order valence-electron chi connectivity index (χ0n) is 10.5. The summed E-state index contributed by atoms with van der Waals surface area (Å²) in [7, 11) is 0. The number of hydrogen-bond acceptors (Lipinski definition) is 1. The van der Waals surface area contributed by atoms with Gasteiger partial charge in [0.2, 0.25) is 0 Å². The van der Waals surface area contributed by atoms with E-state index in [1.807, 2.05) is 18.2 Å². The van der Waals surface area contributed by atoms with E-state index in [1.54, 1.807) is 18.3 Å². The van der Waals surface area contributed by atoms with E-state index in [0.29, 0.717) is 10.9 Å². The van der Waals surface area contributed by atoms with Gasteiger partial charge in [-0.15, -0.1) is 0 Å². The number of pyridine rings is 1. The Labute approximate surface area is 113 Å². The highest BCUT2D eigenvalue weighted by Gasteiger charge is 2.05. The standard InChI is InChI=1S/C16H11F2NO/c17-13-7-11(8-14(18)9-13)10-19-6-5-12-3-1-2-4-15(12)16(19)20/h1-9H,10H2. The lowest BCUT2D eigenvalue weighted by Gasteiger charge is -2.07. The van der Waals surface area contributed by atoms with E-state index in [-0.39, 0.29) is 12.1 Å². The zero-order chi connectivity index (χ0) is 14.1. The molecule has 3 rings (SSSR count). The second kappa shape index (κ2) is 4.89. The molecule has 0 saturated carbocycles. The lowest BCUT2D eigenvalue weighted by atomic mass is 10.1. The van der Waals surface area contributed by atoms with Gasteiger partial charge in [-0.3, -0.25) is 4.79 Å². The molecule has 0 N–H and O–H groups in total. The minimum absolute atomic E-state index is 0.137. The fraction of sp³-hybridized carbons (Fsp3) is 0.0625. The average Bonchev–Trinajstić information content (AvgIpc) is 2.41. The molecular formula is C16H11F2NO. The van der Waals surface area contributed by atoms with Gasteiger partial charge in [-0.25, -0.2) is 8.78 Å². The van der Waals surface area contributed by atoms with Gasteiger partial charge in [0.1, 0.15) is 11.6 Å². The Morgan fingerprint density at radius 1 is 0.950 bits per heavy atom. The first kappa shape index (κ1) is 12.5. The number of aromatic nitrogens is 1. The Morgan fingerprint density at radius 2 is 1.65 bits per heavy atom. The van der Waals surface area contributed by atoms with Crippen molar-refractivity contribution in [2.24, 2.45) is 0 Å². The van der Waals surface area contributed by atoms with Crippen molar-refractivity contribution in [3.8, 4) is 0 Å². The Hall–Kier alpha value is -2.49. The van der Waals surface area contributed by atoms with Crippen LogP contribution in [0.15, 0.2) is 59.5 Å². The van der Waals surface area contributed by atoms with Crippen molar-refractivity contribution in [2.75, 3.05) is 0 Å². The summed E-state index contributed by atoms with van der Waals surface area (Å²) in [5.74, 6) is -1.29. The zero-order valence-corrected chi connectivity index (χ0v) is 10.5. The van der Waals surface area contributed by atoms with Crippen LogP contribution in [-0.2, 0) is 6.54 Å². The molecule has 0 aliphatic heterocycles. The number of benzene rings is 2. The largest absolute Gasteiger partial charge is 0.311 e. The highest BCUT2D eigenvalue weighted by atomic mass is 19.1. The molecule has 1 aromatic heterocycles. The first-order chi connectivity index (χ1) is 9.63. The molecule has 0 amide bonds. The SMILES string of the molecule is O=c1c2ccccc2ccn1Cc1cc(F)cc(F)c1. The van der Waals surface area contributed by atoms with Crippen LogP contribution in [0, 0.1) is 11.6 Å². The first-order valence-corrected chi connectivity index (χ1v) is 6.17. The van der Waals surface area contributed by atoms with E-state index in [1.165, 1.54) is 16.7 Å². The van der Waals surface area contributed by atoms with Crippen molar-refractivity contribution >= 4 is 10.8 Å². The Kier molecular flexibility index (Phi) is 3.06. The van der Waals surface area contributed by atoms with Gasteiger partial charge in [0.15, 0.2) is 0 Å². The van der Waals surface area contributed by atoms with Crippen molar-refractivity contribution in [3.05, 3.63) is 82.3 Å². The van der Waals surface area contributed by atoms with Crippen LogP contribution in [-0.4, -0.2) is 4.57 Å². The maximum Gasteiger partial charge on any atom is 0.258 e. The number of hydrogen-bond donors (Lipinski definition) is 0. The summed E-state index contributed by atoms with van der Waals surface area (Å²) in [6, 6.07) is 12.3. The quantitative estimate of drug-likeness (QED) is 0.700. The van der Waals surface area contributed by atoms with Gasteiger partial charge in [0.05, 0.1) is 6.54 Å². The van der Waals surface area contributed by atoms with Gasteiger partial charge in [0.25, 0.3) is 5.56 Å². The van der Waals surface area contributed by atoms with Crippen LogP contribution in [0.3, 0.4) is 0 Å². The molecular weight excluding hydrogens is 260 g/mol. The van der Waals surface area contributed by atoms with E-state index < -0.39 is 11.6 Å². The molecule has 0 radical (unpaired) electrons. The van der Waals surface area contributed by atoms with Crippen molar-refractivity contribution < 1.29 is 8.78 Å². The van der Waals surface area contributed by atoms with Crippen LogP contribution < -0.4 is 5.56 Å². The summed E-state index contributed by atoms with van der Waals surface area (Å²) in [6.07, 6.45) is 1.63. The second-order valence-electron chi connectivity index (χ2n) is 4.61. The maximum atomic E-state index is 13.2. The summed E-state index contributed by atoms with van der Waals surface area (Å²) < 4.78 is 27.8. The molecule has 0 spiro atoms. The topological polar surface area (TPSA) is 22.0 Å². The Balaban J connectivity index is 2.07. The van der Waals surface area contributed by atoms with E-state index in [4.69, 9.17) is 0 Å². The maximum absolute atomic E-state index is 13.2. The molecule has 100 valence electrons. The molecule has 2 nitrogen and oxygen atoms in total. The van der Waals surface area contributed by atoms with Crippen molar-refractivity contribution in [1.29, 1.82) is 0 Å². The molecule has 20 heavy (non-hydrogen) atoms. The van der Waals surface area contributed by atoms with Crippen LogP contribution >= 0.6 is 0 Å². The van der Waals surface area contributed by atoms with E-state index in [0.717, 1.165) is 11.5 Å². The summed E-state index contributed by atoms with van der Waals surface area (Å²) in [4.78, 5) is 12.3. The molecule has 0 aliphatic rings. The minimum atomic E-state index is -0.645. The summed E-state index contributed by atoms with van der Waals surface area (Å²) in [5, 5.41) is 1.44. The fourth-order valence-corrected chi connectivity index (χ4v) is 2.25. The van der Waals surface area contributed by atoms with Crippen LogP contribution in [0.5, 0.6) is 0 Å². The molecule has 0 atom stereocenters. The van der Waals surface area contributed by atoms with Crippen LogP contribution in [0.25, 0.3) is 10.8 Å². The van der Waals surface area contributed by atoms with Crippen LogP contribution in [0.1, 0.15) is 5.56 Å². The average molecular weight is 271 g/mol. The third-order valence-electron chi connectivity index (χ3n) is 3.16. The highest BCUT2D eigenvalue weighted by molar-refractivity contribution is 5.81. The molecule has 2 aromatic carbocycles. The minimum Gasteiger partial charge on any atom is -0.311 e. The van der Waals surface area contributed by atoms with Crippen molar-refractivity contribution in [3.63, 3.8) is 0 Å². The van der Waals surface area contributed by atoms with Gasteiger partial charge in [-0.1, -0.05) is 18.2 Å². The molecule has 0 fully saturated rings. The lowest BCUT2D eigenvalue weighted by molar-refractivity contribution is 0.577.